The number of non-ortho nitro benzene ring substituents is 1. The first-order valence-corrected chi connectivity index (χ1v) is 8.62. The molecule has 0 aromatic heterocycles. The highest BCUT2D eigenvalue weighted by atomic mass is 79.9. The lowest BCUT2D eigenvalue weighted by atomic mass is 9.83. The number of nitro benzene ring substituents is 1. The smallest absolute Gasteiger partial charge is 0.273 e. The van der Waals surface area contributed by atoms with Gasteiger partial charge in [-0.15, -0.1) is 0 Å². The maximum Gasteiger partial charge on any atom is 0.273 e. The molecule has 0 heterocycles. The molecule has 5 heteroatoms. The number of nitrogens with zero attached hydrogens (tertiary/aromatic N) is 1. The van der Waals surface area contributed by atoms with E-state index in [-0.39, 0.29) is 16.0 Å². The quantitative estimate of drug-likeness (QED) is 0.322. The monoisotopic (exact) mass is 355 g/mol. The normalized spacial score (nSPS) is 18.0. The molecule has 0 atom stereocenters. The van der Waals surface area contributed by atoms with Gasteiger partial charge >= 0.3 is 0 Å². The van der Waals surface area contributed by atoms with Crippen molar-refractivity contribution in [3.05, 3.63) is 33.9 Å². The molecule has 0 saturated heterocycles. The first-order valence-electron chi connectivity index (χ1n) is 7.50. The number of halogens is 1. The van der Waals surface area contributed by atoms with E-state index in [0.29, 0.717) is 12.4 Å². The fourth-order valence-corrected chi connectivity index (χ4v) is 3.61. The van der Waals surface area contributed by atoms with Crippen molar-refractivity contribution in [2.24, 2.45) is 5.41 Å². The van der Waals surface area contributed by atoms with Gasteiger partial charge in [0.15, 0.2) is 0 Å². The van der Waals surface area contributed by atoms with Gasteiger partial charge < -0.3 is 4.74 Å². The Morgan fingerprint density at radius 3 is 2.52 bits per heavy atom. The summed E-state index contributed by atoms with van der Waals surface area (Å²) in [5.41, 5.74) is 1.19. The van der Waals surface area contributed by atoms with Gasteiger partial charge in [-0.2, -0.15) is 0 Å². The lowest BCUT2D eigenvalue weighted by Gasteiger charge is -2.30. The van der Waals surface area contributed by atoms with Crippen molar-refractivity contribution >= 4 is 21.6 Å². The highest BCUT2D eigenvalue weighted by Crippen LogP contribution is 2.38. The molecule has 0 bridgehead atoms. The Balaban J connectivity index is 2.10. The first-order chi connectivity index (χ1) is 10.1. The predicted octanol–water partition coefficient (Wildman–Crippen LogP) is 5.02. The van der Waals surface area contributed by atoms with Crippen molar-refractivity contribution in [1.82, 2.24) is 0 Å². The Bertz CT molecular complexity index is 496. The van der Waals surface area contributed by atoms with Crippen LogP contribution in [-0.4, -0.2) is 16.9 Å². The number of ether oxygens (including phenoxy) is 1. The van der Waals surface area contributed by atoms with Gasteiger partial charge in [-0.25, -0.2) is 0 Å². The SMILES string of the molecule is Cc1ccc([N+](=O)[O-])cc1OCC1(CBr)CCCCCC1. The van der Waals surface area contributed by atoms with Crippen LogP contribution in [0, 0.1) is 22.5 Å². The van der Waals surface area contributed by atoms with Gasteiger partial charge in [0, 0.05) is 16.8 Å². The Labute approximate surface area is 134 Å². The molecule has 1 fully saturated rings. The van der Waals surface area contributed by atoms with E-state index in [0.717, 1.165) is 23.7 Å². The molecule has 2 rings (SSSR count). The summed E-state index contributed by atoms with van der Waals surface area (Å²) < 4.78 is 5.98. The summed E-state index contributed by atoms with van der Waals surface area (Å²) >= 11 is 3.64. The van der Waals surface area contributed by atoms with Crippen LogP contribution in [0.2, 0.25) is 0 Å². The molecule has 0 N–H and O–H groups in total. The van der Waals surface area contributed by atoms with Crippen molar-refractivity contribution in [1.29, 1.82) is 0 Å². The van der Waals surface area contributed by atoms with E-state index in [1.165, 1.54) is 37.8 Å². The number of hydrogen-bond acceptors (Lipinski definition) is 3. The number of aryl methyl sites for hydroxylation is 1. The summed E-state index contributed by atoms with van der Waals surface area (Å²) in [6, 6.07) is 4.81. The molecular weight excluding hydrogens is 334 g/mol. The first kappa shape index (κ1) is 16.3. The third-order valence-electron chi connectivity index (χ3n) is 4.36. The minimum atomic E-state index is -0.377. The van der Waals surface area contributed by atoms with Gasteiger partial charge in [-0.1, -0.05) is 41.6 Å². The van der Waals surface area contributed by atoms with Crippen molar-refractivity contribution < 1.29 is 9.66 Å². The molecule has 21 heavy (non-hydrogen) atoms. The van der Waals surface area contributed by atoms with E-state index in [4.69, 9.17) is 4.74 Å². The number of nitro groups is 1. The van der Waals surface area contributed by atoms with Crippen LogP contribution in [0.25, 0.3) is 0 Å². The second-order valence-electron chi connectivity index (χ2n) is 6.04. The average Bonchev–Trinajstić information content (AvgIpc) is 2.72. The lowest BCUT2D eigenvalue weighted by Crippen LogP contribution is -2.30. The highest BCUT2D eigenvalue weighted by molar-refractivity contribution is 9.09. The molecule has 4 nitrogen and oxygen atoms in total. The molecule has 1 aromatic carbocycles. The molecular formula is C16H22BrNO3. The summed E-state index contributed by atoms with van der Waals surface area (Å²) in [4.78, 5) is 10.5. The third kappa shape index (κ3) is 4.19. The van der Waals surface area contributed by atoms with E-state index in [9.17, 15) is 10.1 Å². The fourth-order valence-electron chi connectivity index (χ4n) is 2.88. The van der Waals surface area contributed by atoms with Gasteiger partial charge in [0.2, 0.25) is 0 Å². The molecule has 1 aliphatic rings. The number of rotatable bonds is 5. The van der Waals surface area contributed by atoms with Crippen LogP contribution in [0.5, 0.6) is 5.75 Å². The zero-order valence-corrected chi connectivity index (χ0v) is 14.0. The molecule has 0 aliphatic heterocycles. The van der Waals surface area contributed by atoms with Crippen molar-refractivity contribution in [3.63, 3.8) is 0 Å². The Morgan fingerprint density at radius 1 is 1.29 bits per heavy atom. The van der Waals surface area contributed by atoms with Crippen LogP contribution < -0.4 is 4.74 Å². The molecule has 1 aromatic rings. The zero-order valence-electron chi connectivity index (χ0n) is 12.4. The van der Waals surface area contributed by atoms with Crippen molar-refractivity contribution in [2.45, 2.75) is 45.4 Å². The minimum Gasteiger partial charge on any atom is -0.492 e. The van der Waals surface area contributed by atoms with Gasteiger partial charge in [-0.3, -0.25) is 10.1 Å². The van der Waals surface area contributed by atoms with Crippen LogP contribution in [0.1, 0.15) is 44.1 Å². The molecule has 0 radical (unpaired) electrons. The van der Waals surface area contributed by atoms with E-state index in [2.05, 4.69) is 15.9 Å². The standard InChI is InChI=1S/C16H22BrNO3/c1-13-6-7-14(18(19)20)10-15(13)21-12-16(11-17)8-4-2-3-5-9-16/h6-7,10H,2-5,8-9,11-12H2,1H3. The average molecular weight is 356 g/mol. The van der Waals surface area contributed by atoms with Crippen LogP contribution in [0.15, 0.2) is 18.2 Å². The van der Waals surface area contributed by atoms with Gasteiger partial charge in [0.05, 0.1) is 17.6 Å². The third-order valence-corrected chi connectivity index (χ3v) is 5.55. The highest BCUT2D eigenvalue weighted by Gasteiger charge is 2.31. The number of alkyl halides is 1. The second kappa shape index (κ2) is 7.25. The minimum absolute atomic E-state index is 0.0874. The molecule has 1 saturated carbocycles. The largest absolute Gasteiger partial charge is 0.492 e. The fraction of sp³-hybridized carbons (Fsp3) is 0.625. The molecule has 0 unspecified atom stereocenters. The maximum absolute atomic E-state index is 10.9. The number of hydrogen-bond donors (Lipinski definition) is 0. The number of benzene rings is 1. The Morgan fingerprint density at radius 2 is 1.95 bits per heavy atom. The van der Waals surface area contributed by atoms with E-state index < -0.39 is 0 Å². The van der Waals surface area contributed by atoms with Crippen LogP contribution >= 0.6 is 15.9 Å². The summed E-state index contributed by atoms with van der Waals surface area (Å²) in [5.74, 6) is 0.633. The van der Waals surface area contributed by atoms with Gasteiger partial charge in [-0.05, 0) is 31.4 Å². The molecule has 0 spiro atoms. The molecule has 1 aliphatic carbocycles. The molecule has 116 valence electrons. The predicted molar refractivity (Wildman–Crippen MR) is 87.3 cm³/mol. The second-order valence-corrected chi connectivity index (χ2v) is 6.60. The van der Waals surface area contributed by atoms with E-state index >= 15 is 0 Å². The maximum atomic E-state index is 10.9. The van der Waals surface area contributed by atoms with E-state index in [1.807, 2.05) is 6.92 Å². The Kier molecular flexibility index (Phi) is 5.62. The summed E-state index contributed by atoms with van der Waals surface area (Å²) in [6.07, 6.45) is 7.39. The van der Waals surface area contributed by atoms with Gasteiger partial charge in [0.1, 0.15) is 5.75 Å². The topological polar surface area (TPSA) is 52.4 Å². The summed E-state index contributed by atoms with van der Waals surface area (Å²) in [5, 5.41) is 11.8. The van der Waals surface area contributed by atoms with Crippen molar-refractivity contribution in [3.8, 4) is 5.75 Å². The summed E-state index contributed by atoms with van der Waals surface area (Å²) in [6.45, 7) is 2.55. The van der Waals surface area contributed by atoms with Crippen LogP contribution in [0.4, 0.5) is 5.69 Å². The summed E-state index contributed by atoms with van der Waals surface area (Å²) in [7, 11) is 0. The van der Waals surface area contributed by atoms with Gasteiger partial charge in [0.25, 0.3) is 5.69 Å². The molecule has 0 amide bonds. The zero-order chi connectivity index (χ0) is 15.3. The Hall–Kier alpha value is -1.10. The van der Waals surface area contributed by atoms with E-state index in [1.54, 1.807) is 6.07 Å². The van der Waals surface area contributed by atoms with Crippen LogP contribution in [0.3, 0.4) is 0 Å². The van der Waals surface area contributed by atoms with Crippen molar-refractivity contribution in [2.75, 3.05) is 11.9 Å². The lowest BCUT2D eigenvalue weighted by molar-refractivity contribution is -0.385. The van der Waals surface area contributed by atoms with Crippen LogP contribution in [-0.2, 0) is 0 Å².